The Hall–Kier alpha value is -3.89. The van der Waals surface area contributed by atoms with E-state index in [2.05, 4.69) is 45.9 Å². The monoisotopic (exact) mass is 494 g/mol. The number of rotatable bonds is 8. The van der Waals surface area contributed by atoms with E-state index in [0.717, 1.165) is 27.8 Å². The van der Waals surface area contributed by atoms with Gasteiger partial charge in [-0.2, -0.15) is 4.89 Å². The zero-order valence-electron chi connectivity index (χ0n) is 22.4. The van der Waals surface area contributed by atoms with Crippen LogP contribution in [0.3, 0.4) is 0 Å². The second-order valence-electron chi connectivity index (χ2n) is 10.1. The van der Waals surface area contributed by atoms with Gasteiger partial charge in [-0.3, -0.25) is 0 Å². The predicted octanol–water partition coefficient (Wildman–Crippen LogP) is 7.98. The Morgan fingerprint density at radius 1 is 0.676 bits per heavy atom. The van der Waals surface area contributed by atoms with Crippen LogP contribution in [-0.4, -0.2) is 5.97 Å². The van der Waals surface area contributed by atoms with Crippen molar-refractivity contribution in [2.75, 3.05) is 0 Å². The average molecular weight is 495 g/mol. The molecule has 0 atom stereocenters. The number of aryl methyl sites for hydroxylation is 4. The summed E-state index contributed by atoms with van der Waals surface area (Å²) in [5, 5.41) is 0. The van der Waals surface area contributed by atoms with E-state index in [-0.39, 0.29) is 11.4 Å². The van der Waals surface area contributed by atoms with Crippen LogP contribution >= 0.6 is 0 Å². The predicted molar refractivity (Wildman–Crippen MR) is 147 cm³/mol. The van der Waals surface area contributed by atoms with Crippen LogP contribution in [0.25, 0.3) is 0 Å². The van der Waals surface area contributed by atoms with E-state index in [1.54, 1.807) is 12.1 Å². The topological polar surface area (TPSA) is 44.8 Å². The molecule has 0 aromatic heterocycles. The molecule has 0 radical (unpaired) electrons. The average Bonchev–Trinajstić information content (AvgIpc) is 2.88. The van der Waals surface area contributed by atoms with Gasteiger partial charge in [-0.15, -0.1) is 0 Å². The molecule has 0 unspecified atom stereocenters. The molecular formula is C33H34O4. The van der Waals surface area contributed by atoms with Gasteiger partial charge in [0, 0.05) is 5.41 Å². The van der Waals surface area contributed by atoms with Gasteiger partial charge in [-0.25, -0.2) is 4.79 Å². The van der Waals surface area contributed by atoms with E-state index in [1.165, 1.54) is 11.1 Å². The van der Waals surface area contributed by atoms with Crippen LogP contribution in [0.15, 0.2) is 84.9 Å². The molecule has 0 spiro atoms. The maximum Gasteiger partial charge on any atom is 0.343 e. The molecule has 4 heteroatoms. The summed E-state index contributed by atoms with van der Waals surface area (Å²) in [5.74, 6) is 0.777. The molecule has 0 saturated carbocycles. The molecule has 0 aliphatic rings. The van der Waals surface area contributed by atoms with Gasteiger partial charge in [0.05, 0.1) is 5.56 Å². The second kappa shape index (κ2) is 11.0. The van der Waals surface area contributed by atoms with Gasteiger partial charge in [0.2, 0.25) is 0 Å². The lowest BCUT2D eigenvalue weighted by Gasteiger charge is -2.27. The van der Waals surface area contributed by atoms with E-state index in [1.807, 2.05) is 68.4 Å². The SMILES string of the molecule is Cc1ccc(COOc2cccc(C(C)(C)c3cccc(OC(=O)c4ccc(C)c(C)c4)c3)c2)cc1C. The Balaban J connectivity index is 1.46. The van der Waals surface area contributed by atoms with Gasteiger partial charge < -0.3 is 9.62 Å². The van der Waals surface area contributed by atoms with Crippen LogP contribution in [-0.2, 0) is 16.9 Å². The quantitative estimate of drug-likeness (QED) is 0.108. The van der Waals surface area contributed by atoms with Crippen LogP contribution in [0, 0.1) is 27.7 Å². The van der Waals surface area contributed by atoms with Gasteiger partial charge in [-0.1, -0.05) is 62.4 Å². The molecule has 0 heterocycles. The molecule has 0 amide bonds. The minimum Gasteiger partial charge on any atom is -0.423 e. The van der Waals surface area contributed by atoms with Gasteiger partial charge in [0.25, 0.3) is 0 Å². The summed E-state index contributed by atoms with van der Waals surface area (Å²) in [6, 6.07) is 27.4. The molecule has 4 aromatic carbocycles. The van der Waals surface area contributed by atoms with Crippen molar-refractivity contribution in [1.82, 2.24) is 0 Å². The van der Waals surface area contributed by atoms with Gasteiger partial charge in [-0.05, 0) is 103 Å². The zero-order valence-corrected chi connectivity index (χ0v) is 22.4. The van der Waals surface area contributed by atoms with Gasteiger partial charge >= 0.3 is 5.97 Å². The highest BCUT2D eigenvalue weighted by atomic mass is 17.2. The van der Waals surface area contributed by atoms with Crippen LogP contribution in [0.4, 0.5) is 0 Å². The molecule has 0 N–H and O–H groups in total. The number of carbonyl (C=O) groups is 1. The Labute approximate surface area is 219 Å². The molecule has 0 fully saturated rings. The highest BCUT2D eigenvalue weighted by Crippen LogP contribution is 2.35. The van der Waals surface area contributed by atoms with Crippen LogP contribution in [0.5, 0.6) is 11.5 Å². The van der Waals surface area contributed by atoms with Crippen LogP contribution in [0.1, 0.15) is 63.1 Å². The van der Waals surface area contributed by atoms with Gasteiger partial charge in [0.1, 0.15) is 12.4 Å². The highest BCUT2D eigenvalue weighted by Gasteiger charge is 2.24. The molecule has 4 nitrogen and oxygen atoms in total. The van der Waals surface area contributed by atoms with E-state index in [9.17, 15) is 4.79 Å². The molecular weight excluding hydrogens is 460 g/mol. The number of hydrogen-bond donors (Lipinski definition) is 0. The van der Waals surface area contributed by atoms with Crippen molar-refractivity contribution in [3.63, 3.8) is 0 Å². The third kappa shape index (κ3) is 6.28. The lowest BCUT2D eigenvalue weighted by Crippen LogP contribution is -2.19. The van der Waals surface area contributed by atoms with Crippen molar-refractivity contribution < 1.29 is 19.3 Å². The molecule has 0 aliphatic carbocycles. The molecule has 0 saturated heterocycles. The Morgan fingerprint density at radius 3 is 1.92 bits per heavy atom. The maximum atomic E-state index is 12.7. The van der Waals surface area contributed by atoms with Gasteiger partial charge in [0.15, 0.2) is 5.75 Å². The minimum atomic E-state index is -0.366. The summed E-state index contributed by atoms with van der Waals surface area (Å²) < 4.78 is 5.72. The largest absolute Gasteiger partial charge is 0.423 e. The van der Waals surface area contributed by atoms with Crippen LogP contribution < -0.4 is 9.62 Å². The number of benzene rings is 4. The summed E-state index contributed by atoms with van der Waals surface area (Å²) in [6.07, 6.45) is 0. The fourth-order valence-corrected chi connectivity index (χ4v) is 4.14. The summed E-state index contributed by atoms with van der Waals surface area (Å²) >= 11 is 0. The molecule has 4 aromatic rings. The first-order chi connectivity index (χ1) is 17.6. The van der Waals surface area contributed by atoms with Crippen LogP contribution in [0.2, 0.25) is 0 Å². The standard InChI is InChI=1S/C33H34O4/c1-22-13-15-26(17-24(22)3)21-35-37-31-12-8-10-29(20-31)33(5,6)28-9-7-11-30(19-28)36-32(34)27-16-14-23(2)25(4)18-27/h7-20H,21H2,1-6H3. The Bertz CT molecular complexity index is 1420. The molecule has 0 bridgehead atoms. The van der Waals surface area contributed by atoms with Crippen molar-refractivity contribution in [3.8, 4) is 11.5 Å². The molecule has 0 aliphatic heterocycles. The number of carbonyl (C=O) groups excluding carboxylic acids is 1. The van der Waals surface area contributed by atoms with Crippen molar-refractivity contribution in [2.45, 2.75) is 53.6 Å². The zero-order chi connectivity index (χ0) is 26.6. The van der Waals surface area contributed by atoms with Crippen molar-refractivity contribution in [2.24, 2.45) is 0 Å². The summed E-state index contributed by atoms with van der Waals surface area (Å²) in [7, 11) is 0. The minimum absolute atomic E-state index is 0.364. The number of hydrogen-bond acceptors (Lipinski definition) is 4. The normalized spacial score (nSPS) is 11.3. The van der Waals surface area contributed by atoms with Crippen molar-refractivity contribution in [1.29, 1.82) is 0 Å². The smallest absolute Gasteiger partial charge is 0.343 e. The Morgan fingerprint density at radius 2 is 1.27 bits per heavy atom. The van der Waals surface area contributed by atoms with E-state index in [0.29, 0.717) is 23.7 Å². The molecule has 4 rings (SSSR count). The first kappa shape index (κ1) is 26.2. The number of esters is 1. The fraction of sp³-hybridized carbons (Fsp3) is 0.242. The molecule has 37 heavy (non-hydrogen) atoms. The molecule has 190 valence electrons. The van der Waals surface area contributed by atoms with E-state index in [4.69, 9.17) is 14.5 Å². The fourth-order valence-electron chi connectivity index (χ4n) is 4.14. The van der Waals surface area contributed by atoms with Crippen molar-refractivity contribution in [3.05, 3.63) is 129 Å². The maximum absolute atomic E-state index is 12.7. The lowest BCUT2D eigenvalue weighted by atomic mass is 9.78. The summed E-state index contributed by atoms with van der Waals surface area (Å²) in [5.41, 5.74) is 7.99. The third-order valence-electron chi connectivity index (χ3n) is 7.02. The summed E-state index contributed by atoms with van der Waals surface area (Å²) in [4.78, 5) is 23.9. The lowest BCUT2D eigenvalue weighted by molar-refractivity contribution is -0.217. The van der Waals surface area contributed by atoms with E-state index >= 15 is 0 Å². The number of ether oxygens (including phenoxy) is 1. The Kier molecular flexibility index (Phi) is 7.80. The highest BCUT2D eigenvalue weighted by molar-refractivity contribution is 5.91. The first-order valence-electron chi connectivity index (χ1n) is 12.5. The van der Waals surface area contributed by atoms with Crippen molar-refractivity contribution >= 4 is 5.97 Å². The first-order valence-corrected chi connectivity index (χ1v) is 12.5. The summed E-state index contributed by atoms with van der Waals surface area (Å²) in [6.45, 7) is 12.8. The second-order valence-corrected chi connectivity index (χ2v) is 10.1. The van der Waals surface area contributed by atoms with E-state index < -0.39 is 0 Å². The third-order valence-corrected chi connectivity index (χ3v) is 7.02.